The summed E-state index contributed by atoms with van der Waals surface area (Å²) in [4.78, 5) is 10.5. The second-order valence-electron chi connectivity index (χ2n) is 7.14. The lowest BCUT2D eigenvalue weighted by atomic mass is 10.0. The van der Waals surface area contributed by atoms with Crippen LogP contribution in [0.15, 0.2) is 12.2 Å². The summed E-state index contributed by atoms with van der Waals surface area (Å²) in [5.41, 5.74) is 1.31. The Labute approximate surface area is 152 Å². The van der Waals surface area contributed by atoms with Gasteiger partial charge in [0.2, 0.25) is 0 Å². The van der Waals surface area contributed by atoms with E-state index < -0.39 is 0 Å². The number of hydrogen-bond acceptors (Lipinski definition) is 2. The molecule has 0 aromatic heterocycles. The summed E-state index contributed by atoms with van der Waals surface area (Å²) in [6.07, 6.45) is 20.8. The third kappa shape index (κ3) is 19.7. The van der Waals surface area contributed by atoms with Gasteiger partial charge in [0.25, 0.3) is 0 Å². The molecular weight excluding hydrogens is 296 g/mol. The zero-order valence-electron chi connectivity index (χ0n) is 16.8. The maximum atomic E-state index is 5.26. The second kappa shape index (κ2) is 20.7. The minimum absolute atomic E-state index is 0.659. The van der Waals surface area contributed by atoms with E-state index in [-0.39, 0.29) is 0 Å². The lowest BCUT2D eigenvalue weighted by Gasteiger charge is -2.07. The van der Waals surface area contributed by atoms with E-state index in [1.807, 2.05) is 0 Å². The number of rotatable bonds is 20. The van der Waals surface area contributed by atoms with Crippen LogP contribution in [0.25, 0.3) is 0 Å². The summed E-state index contributed by atoms with van der Waals surface area (Å²) in [6, 6.07) is 0. The van der Waals surface area contributed by atoms with Gasteiger partial charge in [-0.25, -0.2) is 9.78 Å². The first kappa shape index (κ1) is 23.7. The molecule has 2 nitrogen and oxygen atoms in total. The van der Waals surface area contributed by atoms with Crippen molar-refractivity contribution in [3.05, 3.63) is 12.2 Å². The Bertz CT molecular complexity index is 250. The van der Waals surface area contributed by atoms with Gasteiger partial charge >= 0.3 is 0 Å². The lowest BCUT2D eigenvalue weighted by Crippen LogP contribution is -2.00. The van der Waals surface area contributed by atoms with Gasteiger partial charge in [0.05, 0.1) is 13.2 Å². The van der Waals surface area contributed by atoms with Crippen LogP contribution in [0.3, 0.4) is 0 Å². The van der Waals surface area contributed by atoms with E-state index in [0.29, 0.717) is 6.61 Å². The van der Waals surface area contributed by atoms with Crippen molar-refractivity contribution in [3.8, 4) is 0 Å². The highest BCUT2D eigenvalue weighted by Crippen LogP contribution is 2.13. The van der Waals surface area contributed by atoms with Gasteiger partial charge in [-0.2, -0.15) is 0 Å². The van der Waals surface area contributed by atoms with Crippen molar-refractivity contribution in [1.29, 1.82) is 0 Å². The summed E-state index contributed by atoms with van der Waals surface area (Å²) in [5.74, 6) is 0. The molecule has 0 aromatic carbocycles. The van der Waals surface area contributed by atoms with Crippen LogP contribution in [0, 0.1) is 0 Å². The molecule has 0 heterocycles. The van der Waals surface area contributed by atoms with Crippen LogP contribution in [0.2, 0.25) is 0 Å². The van der Waals surface area contributed by atoms with Gasteiger partial charge in [0.15, 0.2) is 0 Å². The molecular formula is C22H44O2. The molecule has 0 fully saturated rings. The first-order valence-electron chi connectivity index (χ1n) is 10.7. The predicted molar refractivity (Wildman–Crippen MR) is 106 cm³/mol. The van der Waals surface area contributed by atoms with Crippen molar-refractivity contribution < 1.29 is 9.78 Å². The summed E-state index contributed by atoms with van der Waals surface area (Å²) in [5, 5.41) is 0. The average molecular weight is 341 g/mol. The maximum absolute atomic E-state index is 5.26. The molecule has 0 aliphatic rings. The Hall–Kier alpha value is -0.340. The van der Waals surface area contributed by atoms with E-state index >= 15 is 0 Å². The van der Waals surface area contributed by atoms with Crippen molar-refractivity contribution in [2.45, 2.75) is 117 Å². The van der Waals surface area contributed by atoms with Crippen LogP contribution in [0.1, 0.15) is 117 Å². The molecule has 0 saturated heterocycles. The molecule has 0 aliphatic carbocycles. The van der Waals surface area contributed by atoms with E-state index in [4.69, 9.17) is 9.78 Å². The standard InChI is InChI=1S/C22H44O2/c1-4-6-8-10-12-14-16-18-22(3)19-21-24-23-20-17-15-13-11-9-7-5-2/h3-21H2,1-2H3. The highest BCUT2D eigenvalue weighted by atomic mass is 17.2. The monoisotopic (exact) mass is 340 g/mol. The zero-order valence-corrected chi connectivity index (χ0v) is 16.8. The van der Waals surface area contributed by atoms with Crippen molar-refractivity contribution in [2.75, 3.05) is 13.2 Å². The minimum Gasteiger partial charge on any atom is -0.237 e. The number of unbranched alkanes of at least 4 members (excludes halogenated alkanes) is 12. The quantitative estimate of drug-likeness (QED) is 0.0975. The first-order chi connectivity index (χ1) is 11.8. The Morgan fingerprint density at radius 3 is 1.58 bits per heavy atom. The topological polar surface area (TPSA) is 18.5 Å². The molecule has 0 bridgehead atoms. The lowest BCUT2D eigenvalue weighted by molar-refractivity contribution is -0.294. The van der Waals surface area contributed by atoms with Gasteiger partial charge in [-0.3, -0.25) is 0 Å². The van der Waals surface area contributed by atoms with Crippen LogP contribution in [-0.4, -0.2) is 13.2 Å². The second-order valence-corrected chi connectivity index (χ2v) is 7.14. The third-order valence-electron chi connectivity index (χ3n) is 4.59. The van der Waals surface area contributed by atoms with Gasteiger partial charge in [0, 0.05) is 0 Å². The molecule has 0 unspecified atom stereocenters. The van der Waals surface area contributed by atoms with E-state index in [0.717, 1.165) is 25.9 Å². The Balaban J connectivity index is 3.12. The van der Waals surface area contributed by atoms with Gasteiger partial charge in [-0.1, -0.05) is 103 Å². The summed E-state index contributed by atoms with van der Waals surface area (Å²) < 4.78 is 0. The zero-order chi connectivity index (χ0) is 17.7. The molecule has 0 rings (SSSR count). The van der Waals surface area contributed by atoms with Gasteiger partial charge in [-0.15, -0.1) is 0 Å². The number of hydrogen-bond donors (Lipinski definition) is 0. The fraction of sp³-hybridized carbons (Fsp3) is 0.909. The van der Waals surface area contributed by atoms with Crippen LogP contribution < -0.4 is 0 Å². The van der Waals surface area contributed by atoms with Gasteiger partial charge in [-0.05, 0) is 25.7 Å². The van der Waals surface area contributed by atoms with E-state index in [9.17, 15) is 0 Å². The smallest absolute Gasteiger partial charge is 0.0859 e. The van der Waals surface area contributed by atoms with Crippen molar-refractivity contribution in [3.63, 3.8) is 0 Å². The van der Waals surface area contributed by atoms with Crippen molar-refractivity contribution in [2.24, 2.45) is 0 Å². The van der Waals surface area contributed by atoms with E-state index in [1.54, 1.807) is 0 Å². The molecule has 0 radical (unpaired) electrons. The van der Waals surface area contributed by atoms with Crippen LogP contribution in [0.5, 0.6) is 0 Å². The van der Waals surface area contributed by atoms with E-state index in [1.165, 1.54) is 89.0 Å². The molecule has 0 aliphatic heterocycles. The fourth-order valence-electron chi connectivity index (χ4n) is 2.88. The molecule has 0 N–H and O–H groups in total. The summed E-state index contributed by atoms with van der Waals surface area (Å²) in [7, 11) is 0. The Kier molecular flexibility index (Phi) is 20.4. The molecule has 24 heavy (non-hydrogen) atoms. The fourth-order valence-corrected chi connectivity index (χ4v) is 2.88. The van der Waals surface area contributed by atoms with Gasteiger partial charge in [0.1, 0.15) is 0 Å². The largest absolute Gasteiger partial charge is 0.237 e. The SMILES string of the molecule is C=C(CCCCCCCCC)CCOOCCCCCCCCC. The highest BCUT2D eigenvalue weighted by Gasteiger charge is 1.98. The Morgan fingerprint density at radius 1 is 0.542 bits per heavy atom. The molecule has 0 amide bonds. The van der Waals surface area contributed by atoms with Crippen molar-refractivity contribution >= 4 is 0 Å². The predicted octanol–water partition coefficient (Wildman–Crippen LogP) is 7.77. The van der Waals surface area contributed by atoms with E-state index in [2.05, 4.69) is 20.4 Å². The molecule has 0 atom stereocenters. The first-order valence-corrected chi connectivity index (χ1v) is 10.7. The molecule has 0 saturated carbocycles. The minimum atomic E-state index is 0.659. The third-order valence-corrected chi connectivity index (χ3v) is 4.59. The molecule has 0 aromatic rings. The maximum Gasteiger partial charge on any atom is 0.0859 e. The molecule has 144 valence electrons. The Morgan fingerprint density at radius 2 is 1.00 bits per heavy atom. The summed E-state index contributed by atoms with van der Waals surface area (Å²) in [6.45, 7) is 10.1. The van der Waals surface area contributed by atoms with Gasteiger partial charge < -0.3 is 0 Å². The van der Waals surface area contributed by atoms with Crippen LogP contribution >= 0.6 is 0 Å². The summed E-state index contributed by atoms with van der Waals surface area (Å²) >= 11 is 0. The normalized spacial score (nSPS) is 11.1. The van der Waals surface area contributed by atoms with Crippen LogP contribution in [-0.2, 0) is 9.78 Å². The molecule has 0 spiro atoms. The average Bonchev–Trinajstić information content (AvgIpc) is 2.59. The van der Waals surface area contributed by atoms with Crippen molar-refractivity contribution in [1.82, 2.24) is 0 Å². The van der Waals surface area contributed by atoms with Crippen LogP contribution in [0.4, 0.5) is 0 Å². The highest BCUT2D eigenvalue weighted by molar-refractivity contribution is 4.93. The molecule has 2 heteroatoms.